The Kier molecular flexibility index (Phi) is 4.86. The number of sulfonamides is 1. The predicted molar refractivity (Wildman–Crippen MR) is 67.2 cm³/mol. The van der Waals surface area contributed by atoms with Crippen LogP contribution >= 0.6 is 11.3 Å². The molecule has 7 heteroatoms. The van der Waals surface area contributed by atoms with Crippen LogP contribution in [0.4, 0.5) is 0 Å². The number of thiophene rings is 1. The van der Waals surface area contributed by atoms with Gasteiger partial charge in [0.25, 0.3) is 0 Å². The third-order valence-electron chi connectivity index (χ3n) is 1.91. The van der Waals surface area contributed by atoms with Crippen molar-refractivity contribution in [3.63, 3.8) is 0 Å². The second kappa shape index (κ2) is 5.95. The minimum atomic E-state index is -3.61. The standard InChI is InChI=1S/C10H14N2O3S2/c1-2-3-9(13)12-7-6-8-4-5-10(16-8)17(11,14)15/h2-5H,6-7H2,1H3,(H,12,13)(H2,11,14,15). The van der Waals surface area contributed by atoms with E-state index >= 15 is 0 Å². The summed E-state index contributed by atoms with van der Waals surface area (Å²) in [6, 6.07) is 3.18. The molecule has 0 bridgehead atoms. The Hall–Kier alpha value is -1.18. The SMILES string of the molecule is CC=CC(=O)NCCc1ccc(S(N)(=O)=O)s1. The van der Waals surface area contributed by atoms with E-state index < -0.39 is 10.0 Å². The maximum absolute atomic E-state index is 11.1. The number of hydrogen-bond acceptors (Lipinski definition) is 4. The van der Waals surface area contributed by atoms with Crippen molar-refractivity contribution in [1.29, 1.82) is 0 Å². The maximum Gasteiger partial charge on any atom is 0.247 e. The predicted octanol–water partition coefficient (Wildman–Crippen LogP) is 0.630. The zero-order chi connectivity index (χ0) is 12.9. The van der Waals surface area contributed by atoms with Gasteiger partial charge in [0.2, 0.25) is 15.9 Å². The number of amides is 1. The third kappa shape index (κ3) is 4.68. The van der Waals surface area contributed by atoms with E-state index in [9.17, 15) is 13.2 Å². The summed E-state index contributed by atoms with van der Waals surface area (Å²) in [5.74, 6) is -0.157. The molecule has 0 aliphatic carbocycles. The number of carbonyl (C=O) groups excluding carboxylic acids is 1. The van der Waals surface area contributed by atoms with Crippen LogP contribution in [-0.2, 0) is 21.2 Å². The number of rotatable bonds is 5. The van der Waals surface area contributed by atoms with Crippen molar-refractivity contribution in [1.82, 2.24) is 5.32 Å². The molecular weight excluding hydrogens is 260 g/mol. The number of nitrogens with one attached hydrogen (secondary N) is 1. The van der Waals surface area contributed by atoms with Crippen LogP contribution in [-0.4, -0.2) is 20.9 Å². The Morgan fingerprint density at radius 3 is 2.76 bits per heavy atom. The van der Waals surface area contributed by atoms with Crippen LogP contribution in [0.15, 0.2) is 28.5 Å². The van der Waals surface area contributed by atoms with Crippen LogP contribution < -0.4 is 10.5 Å². The lowest BCUT2D eigenvalue weighted by Crippen LogP contribution is -2.23. The van der Waals surface area contributed by atoms with Crippen LogP contribution in [0.3, 0.4) is 0 Å². The van der Waals surface area contributed by atoms with Crippen molar-refractivity contribution in [3.8, 4) is 0 Å². The summed E-state index contributed by atoms with van der Waals surface area (Å²) in [4.78, 5) is 12.0. The van der Waals surface area contributed by atoms with E-state index in [0.717, 1.165) is 16.2 Å². The summed E-state index contributed by atoms with van der Waals surface area (Å²) >= 11 is 1.12. The second-order valence-electron chi connectivity index (χ2n) is 3.31. The summed E-state index contributed by atoms with van der Waals surface area (Å²) in [5.41, 5.74) is 0. The molecule has 0 unspecified atom stereocenters. The molecule has 17 heavy (non-hydrogen) atoms. The first-order valence-electron chi connectivity index (χ1n) is 4.95. The first kappa shape index (κ1) is 13.9. The fraction of sp³-hybridized carbons (Fsp3) is 0.300. The number of hydrogen-bond donors (Lipinski definition) is 2. The summed E-state index contributed by atoms with van der Waals surface area (Å²) in [5, 5.41) is 7.67. The van der Waals surface area contributed by atoms with E-state index in [2.05, 4.69) is 5.32 Å². The van der Waals surface area contributed by atoms with Gasteiger partial charge in [-0.3, -0.25) is 4.79 Å². The Bertz CT molecular complexity index is 517. The lowest BCUT2D eigenvalue weighted by molar-refractivity contribution is -0.116. The van der Waals surface area contributed by atoms with Crippen molar-refractivity contribution in [2.45, 2.75) is 17.6 Å². The Morgan fingerprint density at radius 2 is 2.24 bits per heavy atom. The monoisotopic (exact) mass is 274 g/mol. The van der Waals surface area contributed by atoms with Gasteiger partial charge in [0.15, 0.2) is 0 Å². The van der Waals surface area contributed by atoms with Crippen molar-refractivity contribution < 1.29 is 13.2 Å². The number of carbonyl (C=O) groups is 1. The van der Waals surface area contributed by atoms with Crippen LogP contribution in [0, 0.1) is 0 Å². The van der Waals surface area contributed by atoms with Gasteiger partial charge in [0.05, 0.1) is 0 Å². The molecule has 0 aromatic carbocycles. The fourth-order valence-electron chi connectivity index (χ4n) is 1.16. The van der Waals surface area contributed by atoms with E-state index in [1.807, 2.05) is 0 Å². The smallest absolute Gasteiger partial charge is 0.247 e. The summed E-state index contributed by atoms with van der Waals surface area (Å²) in [6.07, 6.45) is 3.67. The molecule has 0 saturated carbocycles. The molecule has 0 radical (unpaired) electrons. The van der Waals surface area contributed by atoms with Gasteiger partial charge >= 0.3 is 0 Å². The molecule has 0 saturated heterocycles. The highest BCUT2D eigenvalue weighted by atomic mass is 32.2. The molecule has 1 aromatic rings. The molecule has 3 N–H and O–H groups in total. The van der Waals surface area contributed by atoms with Crippen molar-refractivity contribution in [2.75, 3.05) is 6.54 Å². The van der Waals surface area contributed by atoms with Crippen LogP contribution in [0.5, 0.6) is 0 Å². The molecule has 94 valence electrons. The quantitative estimate of drug-likeness (QED) is 0.772. The van der Waals surface area contributed by atoms with E-state index in [4.69, 9.17) is 5.14 Å². The summed E-state index contributed by atoms with van der Waals surface area (Å²) in [7, 11) is -3.61. The lowest BCUT2D eigenvalue weighted by Gasteiger charge is -1.99. The zero-order valence-corrected chi connectivity index (χ0v) is 11.0. The summed E-state index contributed by atoms with van der Waals surface area (Å²) in [6.45, 7) is 2.23. The molecule has 5 nitrogen and oxygen atoms in total. The van der Waals surface area contributed by atoms with Crippen LogP contribution in [0.25, 0.3) is 0 Å². The fourth-order valence-corrected chi connectivity index (χ4v) is 2.94. The van der Waals surface area contributed by atoms with E-state index in [0.29, 0.717) is 13.0 Å². The van der Waals surface area contributed by atoms with Crippen molar-refractivity contribution in [2.24, 2.45) is 5.14 Å². The molecule has 1 aromatic heterocycles. The third-order valence-corrected chi connectivity index (χ3v) is 4.49. The molecule has 1 amide bonds. The highest BCUT2D eigenvalue weighted by Gasteiger charge is 2.10. The Morgan fingerprint density at radius 1 is 1.53 bits per heavy atom. The lowest BCUT2D eigenvalue weighted by atomic mass is 10.3. The highest BCUT2D eigenvalue weighted by Crippen LogP contribution is 2.20. The largest absolute Gasteiger partial charge is 0.352 e. The number of nitrogens with two attached hydrogens (primary N) is 1. The van der Waals surface area contributed by atoms with Gasteiger partial charge in [-0.25, -0.2) is 13.6 Å². The van der Waals surface area contributed by atoms with E-state index in [-0.39, 0.29) is 10.1 Å². The average Bonchev–Trinajstić information content (AvgIpc) is 2.66. The van der Waals surface area contributed by atoms with Gasteiger partial charge in [0, 0.05) is 11.4 Å². The average molecular weight is 274 g/mol. The zero-order valence-electron chi connectivity index (χ0n) is 9.34. The van der Waals surface area contributed by atoms with Gasteiger partial charge in [0.1, 0.15) is 4.21 Å². The summed E-state index contributed by atoms with van der Waals surface area (Å²) < 4.78 is 22.2. The van der Waals surface area contributed by atoms with Gasteiger partial charge in [-0.05, 0) is 31.6 Å². The Labute approximate surface area is 104 Å². The van der Waals surface area contributed by atoms with Crippen molar-refractivity contribution >= 4 is 27.3 Å². The van der Waals surface area contributed by atoms with Gasteiger partial charge in [-0.15, -0.1) is 11.3 Å². The molecule has 0 spiro atoms. The van der Waals surface area contributed by atoms with Gasteiger partial charge in [-0.2, -0.15) is 0 Å². The van der Waals surface area contributed by atoms with Crippen molar-refractivity contribution in [3.05, 3.63) is 29.2 Å². The number of allylic oxidation sites excluding steroid dienone is 1. The highest BCUT2D eigenvalue weighted by molar-refractivity contribution is 7.91. The molecular formula is C10H14N2O3S2. The molecule has 1 rings (SSSR count). The first-order chi connectivity index (χ1) is 7.93. The molecule has 0 fully saturated rings. The molecule has 1 heterocycles. The minimum absolute atomic E-state index is 0.146. The molecule has 0 aliphatic heterocycles. The molecule has 0 aliphatic rings. The minimum Gasteiger partial charge on any atom is -0.352 e. The maximum atomic E-state index is 11.1. The second-order valence-corrected chi connectivity index (χ2v) is 6.26. The first-order valence-corrected chi connectivity index (χ1v) is 7.32. The molecule has 0 atom stereocenters. The van der Waals surface area contributed by atoms with Gasteiger partial charge < -0.3 is 5.32 Å². The number of primary sulfonamides is 1. The normalized spacial score (nSPS) is 11.9. The van der Waals surface area contributed by atoms with Gasteiger partial charge in [-0.1, -0.05) is 6.08 Å². The van der Waals surface area contributed by atoms with E-state index in [1.165, 1.54) is 12.1 Å². The van der Waals surface area contributed by atoms with Crippen LogP contribution in [0.1, 0.15) is 11.8 Å². The topological polar surface area (TPSA) is 89.3 Å². The Balaban J connectivity index is 2.49. The van der Waals surface area contributed by atoms with Crippen LogP contribution in [0.2, 0.25) is 0 Å². The van der Waals surface area contributed by atoms with E-state index in [1.54, 1.807) is 19.1 Å².